The van der Waals surface area contributed by atoms with Crippen molar-refractivity contribution < 1.29 is 13.5 Å². The maximum Gasteiger partial charge on any atom is 0.233 e. The molecule has 0 saturated heterocycles. The van der Waals surface area contributed by atoms with Gasteiger partial charge in [0, 0.05) is 24.4 Å². The molecular weight excluding hydrogens is 240 g/mol. The Morgan fingerprint density at radius 3 is 2.72 bits per heavy atom. The van der Waals surface area contributed by atoms with Crippen LogP contribution in [0.3, 0.4) is 0 Å². The smallest absolute Gasteiger partial charge is 0.233 e. The zero-order valence-electron chi connectivity index (χ0n) is 9.86. The van der Waals surface area contributed by atoms with Gasteiger partial charge in [-0.3, -0.25) is 0 Å². The van der Waals surface area contributed by atoms with E-state index in [2.05, 4.69) is 5.10 Å². The van der Waals surface area contributed by atoms with Crippen LogP contribution in [0.1, 0.15) is 5.69 Å². The lowest BCUT2D eigenvalue weighted by Gasteiger charge is -2.04. The summed E-state index contributed by atoms with van der Waals surface area (Å²) in [7, 11) is 0. The molecule has 1 aromatic carbocycles. The number of aryl methyl sites for hydroxylation is 1. The quantitative estimate of drug-likeness (QED) is 0.903. The Kier molecular flexibility index (Phi) is 3.57. The number of hydrogen-bond acceptors (Lipinski definition) is 3. The van der Waals surface area contributed by atoms with Crippen molar-refractivity contribution in [1.82, 2.24) is 9.78 Å². The molecule has 0 saturated carbocycles. The van der Waals surface area contributed by atoms with Crippen molar-refractivity contribution in [2.45, 2.75) is 6.92 Å². The summed E-state index contributed by atoms with van der Waals surface area (Å²) >= 11 is 0. The van der Waals surface area contributed by atoms with Gasteiger partial charge in [-0.2, -0.15) is 0 Å². The molecule has 1 heterocycles. The first-order chi connectivity index (χ1) is 8.61. The predicted octanol–water partition coefficient (Wildman–Crippen LogP) is 1.80. The number of hydrogen-bond donors (Lipinski definition) is 1. The lowest BCUT2D eigenvalue weighted by molar-refractivity contribution is 0.313. The van der Waals surface area contributed by atoms with Crippen molar-refractivity contribution in [2.75, 3.05) is 13.2 Å². The Morgan fingerprint density at radius 2 is 2.06 bits per heavy atom. The van der Waals surface area contributed by atoms with Gasteiger partial charge in [-0.1, -0.05) is 0 Å². The zero-order chi connectivity index (χ0) is 13.1. The third-order valence-electron chi connectivity index (χ3n) is 2.38. The highest BCUT2D eigenvalue weighted by Gasteiger charge is 2.09. The van der Waals surface area contributed by atoms with E-state index in [0.717, 1.165) is 17.8 Å². The predicted molar refractivity (Wildman–Crippen MR) is 62.8 cm³/mol. The van der Waals surface area contributed by atoms with E-state index < -0.39 is 11.6 Å². The van der Waals surface area contributed by atoms with Gasteiger partial charge in [-0.25, -0.2) is 13.5 Å². The van der Waals surface area contributed by atoms with E-state index in [0.29, 0.717) is 24.7 Å². The topological polar surface area (TPSA) is 53.1 Å². The van der Waals surface area contributed by atoms with E-state index in [1.165, 1.54) is 10.7 Å². The molecule has 0 radical (unpaired) electrons. The fourth-order valence-corrected chi connectivity index (χ4v) is 1.56. The molecule has 0 fully saturated rings. The van der Waals surface area contributed by atoms with E-state index in [9.17, 15) is 8.78 Å². The first kappa shape index (κ1) is 12.5. The summed E-state index contributed by atoms with van der Waals surface area (Å²) in [6.45, 7) is 2.54. The molecule has 6 heteroatoms. The second-order valence-corrected chi connectivity index (χ2v) is 3.77. The van der Waals surface area contributed by atoms with Crippen molar-refractivity contribution in [3.8, 4) is 11.6 Å². The molecule has 2 N–H and O–H groups in total. The highest BCUT2D eigenvalue weighted by atomic mass is 19.2. The summed E-state index contributed by atoms with van der Waals surface area (Å²) in [5.41, 5.74) is 6.51. The number of benzene rings is 1. The highest BCUT2D eigenvalue weighted by molar-refractivity contribution is 5.35. The maximum absolute atomic E-state index is 13.1. The average molecular weight is 253 g/mol. The van der Waals surface area contributed by atoms with Crippen LogP contribution in [-0.2, 0) is 0 Å². The third-order valence-corrected chi connectivity index (χ3v) is 2.38. The molecule has 1 aromatic heterocycles. The molecule has 0 aliphatic carbocycles. The standard InChI is InChI=1S/C12H13F2N3O/c1-8-6-12(18-5-4-15)16-17(8)9-2-3-10(13)11(14)7-9/h2-3,6-7H,4-5,15H2,1H3. The minimum Gasteiger partial charge on any atom is -0.475 e. The molecule has 96 valence electrons. The van der Waals surface area contributed by atoms with Crippen LogP contribution in [0.4, 0.5) is 8.78 Å². The zero-order valence-corrected chi connectivity index (χ0v) is 9.86. The minimum absolute atomic E-state index is 0.355. The molecule has 0 unspecified atom stereocenters. The summed E-state index contributed by atoms with van der Waals surface area (Å²) < 4.78 is 32.7. The SMILES string of the molecule is Cc1cc(OCCN)nn1-c1ccc(F)c(F)c1. The molecule has 4 nitrogen and oxygen atoms in total. The van der Waals surface area contributed by atoms with Gasteiger partial charge in [0.15, 0.2) is 11.6 Å². The lowest BCUT2D eigenvalue weighted by Crippen LogP contribution is -2.11. The maximum atomic E-state index is 13.1. The second-order valence-electron chi connectivity index (χ2n) is 3.77. The Balaban J connectivity index is 2.32. The first-order valence-electron chi connectivity index (χ1n) is 5.47. The summed E-state index contributed by atoms with van der Waals surface area (Å²) in [5, 5.41) is 4.14. The number of nitrogens with zero attached hydrogens (tertiary/aromatic N) is 2. The summed E-state index contributed by atoms with van der Waals surface area (Å²) in [4.78, 5) is 0. The minimum atomic E-state index is -0.910. The van der Waals surface area contributed by atoms with Gasteiger partial charge in [0.05, 0.1) is 5.69 Å². The molecule has 0 spiro atoms. The monoisotopic (exact) mass is 253 g/mol. The fourth-order valence-electron chi connectivity index (χ4n) is 1.56. The summed E-state index contributed by atoms with van der Waals surface area (Å²) in [6, 6.07) is 5.30. The highest BCUT2D eigenvalue weighted by Crippen LogP contribution is 2.18. The van der Waals surface area contributed by atoms with E-state index >= 15 is 0 Å². The van der Waals surface area contributed by atoms with Gasteiger partial charge in [-0.15, -0.1) is 5.10 Å². The molecule has 0 atom stereocenters. The number of rotatable bonds is 4. The number of ether oxygens (including phenoxy) is 1. The Hall–Kier alpha value is -1.95. The molecule has 0 bridgehead atoms. The van der Waals surface area contributed by atoms with E-state index in [-0.39, 0.29) is 0 Å². The van der Waals surface area contributed by atoms with Crippen molar-refractivity contribution in [2.24, 2.45) is 5.73 Å². The molecule has 0 aliphatic rings. The molecular formula is C12H13F2N3O. The summed E-state index contributed by atoms with van der Waals surface area (Å²) in [5.74, 6) is -1.39. The molecule has 0 aliphatic heterocycles. The van der Waals surface area contributed by atoms with Gasteiger partial charge in [0.25, 0.3) is 0 Å². The third kappa shape index (κ3) is 2.48. The van der Waals surface area contributed by atoms with Gasteiger partial charge in [0.1, 0.15) is 6.61 Å². The lowest BCUT2D eigenvalue weighted by atomic mass is 10.3. The molecule has 2 aromatic rings. The van der Waals surface area contributed by atoms with Crippen molar-refractivity contribution >= 4 is 0 Å². The van der Waals surface area contributed by atoms with Crippen molar-refractivity contribution in [3.05, 3.63) is 41.6 Å². The van der Waals surface area contributed by atoms with Crippen LogP contribution >= 0.6 is 0 Å². The van der Waals surface area contributed by atoms with Crippen LogP contribution in [0.25, 0.3) is 5.69 Å². The second kappa shape index (κ2) is 5.14. The molecule has 18 heavy (non-hydrogen) atoms. The van der Waals surface area contributed by atoms with Crippen molar-refractivity contribution in [1.29, 1.82) is 0 Å². The van der Waals surface area contributed by atoms with Crippen molar-refractivity contribution in [3.63, 3.8) is 0 Å². The van der Waals surface area contributed by atoms with Crippen LogP contribution in [0.5, 0.6) is 5.88 Å². The molecule has 0 amide bonds. The van der Waals surface area contributed by atoms with Gasteiger partial charge in [-0.05, 0) is 19.1 Å². The van der Waals surface area contributed by atoms with Crippen LogP contribution in [0.15, 0.2) is 24.3 Å². The van der Waals surface area contributed by atoms with Gasteiger partial charge in [0.2, 0.25) is 5.88 Å². The Bertz CT molecular complexity index is 554. The number of aromatic nitrogens is 2. The normalized spacial score (nSPS) is 10.7. The Morgan fingerprint density at radius 1 is 1.28 bits per heavy atom. The largest absolute Gasteiger partial charge is 0.475 e. The number of halogens is 2. The van der Waals surface area contributed by atoms with Crippen LogP contribution < -0.4 is 10.5 Å². The van der Waals surface area contributed by atoms with E-state index in [4.69, 9.17) is 10.5 Å². The summed E-state index contributed by atoms with van der Waals surface area (Å²) in [6.07, 6.45) is 0. The van der Waals surface area contributed by atoms with E-state index in [1.807, 2.05) is 0 Å². The van der Waals surface area contributed by atoms with E-state index in [1.54, 1.807) is 13.0 Å². The average Bonchev–Trinajstić information content (AvgIpc) is 2.71. The molecule has 2 rings (SSSR count). The fraction of sp³-hybridized carbons (Fsp3) is 0.250. The Labute approximate surface area is 103 Å². The van der Waals surface area contributed by atoms with Crippen LogP contribution in [0, 0.1) is 18.6 Å². The number of nitrogens with two attached hydrogens (primary N) is 1. The first-order valence-corrected chi connectivity index (χ1v) is 5.47. The van der Waals surface area contributed by atoms with Crippen LogP contribution in [0.2, 0.25) is 0 Å². The van der Waals surface area contributed by atoms with Crippen LogP contribution in [-0.4, -0.2) is 22.9 Å². The van der Waals surface area contributed by atoms with Gasteiger partial charge >= 0.3 is 0 Å². The van der Waals surface area contributed by atoms with Gasteiger partial charge < -0.3 is 10.5 Å².